The molecule has 0 saturated heterocycles. The largest absolute Gasteiger partial charge is 0.411 e. The highest BCUT2D eigenvalue weighted by Gasteiger charge is 2.57. The van der Waals surface area contributed by atoms with Gasteiger partial charge < -0.3 is 8.85 Å². The van der Waals surface area contributed by atoms with E-state index in [0.29, 0.717) is 0 Å². The predicted molar refractivity (Wildman–Crippen MR) is 139 cm³/mol. The summed E-state index contributed by atoms with van der Waals surface area (Å²) in [4.78, 5) is 0. The van der Waals surface area contributed by atoms with Crippen molar-refractivity contribution in [2.45, 2.75) is 12.1 Å². The van der Waals surface area contributed by atoms with Crippen LogP contribution in [0.5, 0.6) is 0 Å². The zero-order valence-electron chi connectivity index (χ0n) is 18.9. The van der Waals surface area contributed by atoms with E-state index in [1.807, 2.05) is 14.2 Å². The first kappa shape index (κ1) is 22.4. The summed E-state index contributed by atoms with van der Waals surface area (Å²) in [5.74, 6) is 0. The maximum absolute atomic E-state index is 6.72. The first-order valence-corrected chi connectivity index (χ1v) is 15.0. The summed E-state index contributed by atoms with van der Waals surface area (Å²) in [6.45, 7) is 2.35. The van der Waals surface area contributed by atoms with E-state index < -0.39 is 16.6 Å². The lowest BCUT2D eigenvalue weighted by molar-refractivity contribution is 0.388. The van der Waals surface area contributed by atoms with Crippen molar-refractivity contribution in [2.75, 3.05) is 14.2 Å². The van der Waals surface area contributed by atoms with Crippen LogP contribution < -0.4 is 20.7 Å². The molecule has 4 aromatic rings. The normalized spacial score (nSPS) is 12.1. The van der Waals surface area contributed by atoms with Crippen LogP contribution in [-0.4, -0.2) is 30.9 Å². The molecule has 0 heterocycles. The highest BCUT2D eigenvalue weighted by Crippen LogP contribution is 2.33. The number of hydrogen-bond donors (Lipinski definition) is 0. The molecule has 0 unspecified atom stereocenters. The summed E-state index contributed by atoms with van der Waals surface area (Å²) in [7, 11) is -1.66. The van der Waals surface area contributed by atoms with E-state index in [0.717, 1.165) is 0 Å². The minimum Gasteiger partial charge on any atom is -0.411 e. The quantitative estimate of drug-likeness (QED) is 0.378. The molecule has 0 aromatic heterocycles. The molecule has 0 fully saturated rings. The Kier molecular flexibility index (Phi) is 6.87. The third kappa shape index (κ3) is 3.69. The fraction of sp³-hybridized carbons (Fsp3) is 0.143. The van der Waals surface area contributed by atoms with Gasteiger partial charge in [-0.1, -0.05) is 128 Å². The Bertz CT molecular complexity index is 933. The fourth-order valence-electron chi connectivity index (χ4n) is 5.19. The smallest absolute Gasteiger partial charge is 0.258 e. The molecule has 4 rings (SSSR count). The van der Waals surface area contributed by atoms with Gasteiger partial charge in [-0.2, -0.15) is 0 Å². The summed E-state index contributed by atoms with van der Waals surface area (Å²) in [5, 5.41) is 5.22. The number of hydrogen-bond acceptors (Lipinski definition) is 2. The van der Waals surface area contributed by atoms with E-state index in [4.69, 9.17) is 8.85 Å². The van der Waals surface area contributed by atoms with Crippen LogP contribution in [0.1, 0.15) is 6.92 Å². The maximum Gasteiger partial charge on any atom is 0.258 e. The summed E-state index contributed by atoms with van der Waals surface area (Å²) >= 11 is 0. The predicted octanol–water partition coefficient (Wildman–Crippen LogP) is 3.73. The molecule has 0 radical (unpaired) electrons. The second-order valence-corrected chi connectivity index (χ2v) is 16.4. The molecule has 162 valence electrons. The minimum atomic E-state index is -2.71. The van der Waals surface area contributed by atoms with E-state index in [1.54, 1.807) is 0 Å². The van der Waals surface area contributed by atoms with Gasteiger partial charge in [-0.05, 0) is 20.7 Å². The zero-order chi connectivity index (χ0) is 22.4. The Labute approximate surface area is 193 Å². The third-order valence-electron chi connectivity index (χ3n) is 6.67. The van der Waals surface area contributed by atoms with Gasteiger partial charge in [-0.15, -0.1) is 0 Å². The second kappa shape index (κ2) is 9.80. The molecule has 2 nitrogen and oxygen atoms in total. The van der Waals surface area contributed by atoms with Gasteiger partial charge in [-0.3, -0.25) is 0 Å². The molecule has 0 spiro atoms. The molecule has 0 aliphatic heterocycles. The van der Waals surface area contributed by atoms with Gasteiger partial charge in [0.2, 0.25) is 0 Å². The molecule has 4 heteroatoms. The second-order valence-electron chi connectivity index (χ2n) is 8.07. The van der Waals surface area contributed by atoms with Crippen LogP contribution in [0.4, 0.5) is 0 Å². The van der Waals surface area contributed by atoms with Gasteiger partial charge in [-0.25, -0.2) is 0 Å². The van der Waals surface area contributed by atoms with Crippen molar-refractivity contribution in [3.8, 4) is 0 Å². The lowest BCUT2D eigenvalue weighted by Gasteiger charge is -2.45. The Balaban J connectivity index is 2.05. The summed E-state index contributed by atoms with van der Waals surface area (Å²) in [5.41, 5.74) is 0. The fourth-order valence-corrected chi connectivity index (χ4v) is 17.3. The average molecular weight is 455 g/mol. The van der Waals surface area contributed by atoms with Crippen molar-refractivity contribution in [2.24, 2.45) is 0 Å². The Morgan fingerprint density at radius 3 is 0.844 bits per heavy atom. The van der Waals surface area contributed by atoms with Crippen LogP contribution >= 0.6 is 0 Å². The lowest BCUT2D eigenvalue weighted by atomic mass is 10.4. The maximum atomic E-state index is 6.72. The summed E-state index contributed by atoms with van der Waals surface area (Å²) < 4.78 is 13.4. The minimum absolute atomic E-state index is 0.152. The molecule has 0 atom stereocenters. The molecular formula is C28H30O2Si2. The highest BCUT2D eigenvalue weighted by atomic mass is 28.4. The zero-order valence-corrected chi connectivity index (χ0v) is 20.9. The van der Waals surface area contributed by atoms with Gasteiger partial charge in [0.1, 0.15) is 0 Å². The van der Waals surface area contributed by atoms with Gasteiger partial charge in [0.15, 0.2) is 0 Å². The molecule has 0 aliphatic rings. The van der Waals surface area contributed by atoms with E-state index in [9.17, 15) is 0 Å². The monoisotopic (exact) mass is 454 g/mol. The van der Waals surface area contributed by atoms with Crippen LogP contribution in [0.15, 0.2) is 121 Å². The van der Waals surface area contributed by atoms with Crippen molar-refractivity contribution in [3.05, 3.63) is 121 Å². The molecule has 4 aromatic carbocycles. The van der Waals surface area contributed by atoms with Crippen molar-refractivity contribution >= 4 is 37.4 Å². The third-order valence-corrected chi connectivity index (χ3v) is 17.6. The van der Waals surface area contributed by atoms with Gasteiger partial charge >= 0.3 is 0 Å². The first-order chi connectivity index (χ1) is 15.7. The van der Waals surface area contributed by atoms with Crippen LogP contribution in [0, 0.1) is 0 Å². The van der Waals surface area contributed by atoms with Crippen LogP contribution in [0.2, 0.25) is 5.16 Å². The van der Waals surface area contributed by atoms with Crippen molar-refractivity contribution in [1.82, 2.24) is 0 Å². The summed E-state index contributed by atoms with van der Waals surface area (Å²) in [6, 6.07) is 43.0. The lowest BCUT2D eigenvalue weighted by Crippen LogP contribution is -2.75. The molecular weight excluding hydrogens is 424 g/mol. The topological polar surface area (TPSA) is 18.5 Å². The van der Waals surface area contributed by atoms with Gasteiger partial charge in [0.25, 0.3) is 16.6 Å². The van der Waals surface area contributed by atoms with Gasteiger partial charge in [0, 0.05) is 19.4 Å². The SMILES string of the molecule is CO[Si](c1ccccc1)(c1ccccc1)C(C)[Si](OC)(c1ccccc1)c1ccccc1. The highest BCUT2D eigenvalue weighted by molar-refractivity contribution is 7.14. The molecule has 0 bridgehead atoms. The van der Waals surface area contributed by atoms with Crippen molar-refractivity contribution in [1.29, 1.82) is 0 Å². The van der Waals surface area contributed by atoms with E-state index >= 15 is 0 Å². The molecule has 0 aliphatic carbocycles. The van der Waals surface area contributed by atoms with Crippen LogP contribution in [-0.2, 0) is 8.85 Å². The van der Waals surface area contributed by atoms with E-state index in [1.165, 1.54) is 20.7 Å². The van der Waals surface area contributed by atoms with E-state index in [-0.39, 0.29) is 5.16 Å². The molecule has 32 heavy (non-hydrogen) atoms. The van der Waals surface area contributed by atoms with Crippen molar-refractivity contribution in [3.63, 3.8) is 0 Å². The van der Waals surface area contributed by atoms with Crippen LogP contribution in [0.3, 0.4) is 0 Å². The Morgan fingerprint density at radius 2 is 0.656 bits per heavy atom. The van der Waals surface area contributed by atoms with Crippen LogP contribution in [0.25, 0.3) is 0 Å². The van der Waals surface area contributed by atoms with E-state index in [2.05, 4.69) is 128 Å². The Morgan fingerprint density at radius 1 is 0.438 bits per heavy atom. The van der Waals surface area contributed by atoms with Crippen molar-refractivity contribution < 1.29 is 8.85 Å². The molecule has 0 N–H and O–H groups in total. The number of benzene rings is 4. The first-order valence-electron chi connectivity index (χ1n) is 11.0. The summed E-state index contributed by atoms with van der Waals surface area (Å²) in [6.07, 6.45) is 0. The standard InChI is InChI=1S/C28H30O2Si2/c1-24(31(29-2,25-16-8-4-9-17-25)26-18-10-5-11-19-26)32(30-3,27-20-12-6-13-21-27)28-22-14-7-15-23-28/h4-24H,1-3H3. The average Bonchev–Trinajstić information content (AvgIpc) is 2.88. The molecule has 0 saturated carbocycles. The molecule has 0 amide bonds. The number of rotatable bonds is 8. The van der Waals surface area contributed by atoms with Gasteiger partial charge in [0.05, 0.1) is 0 Å². The Hall–Kier alpha value is -2.77.